The quantitative estimate of drug-likeness (QED) is 0.639. The van der Waals surface area contributed by atoms with Crippen molar-refractivity contribution in [2.45, 2.75) is 19.4 Å². The molecule has 0 amide bonds. The minimum Gasteiger partial charge on any atom is -0.356 e. The molecule has 1 aromatic rings. The number of aryl methyl sites for hydroxylation is 1. The van der Waals surface area contributed by atoms with Crippen molar-refractivity contribution in [3.05, 3.63) is 11.9 Å². The third-order valence-corrected chi connectivity index (χ3v) is 2.28. The zero-order valence-electron chi connectivity index (χ0n) is 7.25. The molecule has 0 saturated heterocycles. The first-order chi connectivity index (χ1) is 5.81. The van der Waals surface area contributed by atoms with E-state index in [-0.39, 0.29) is 0 Å². The van der Waals surface area contributed by atoms with Crippen LogP contribution in [0.4, 0.5) is 5.95 Å². The Labute approximate surface area is 71.8 Å². The molecule has 1 atom stereocenters. The lowest BCUT2D eigenvalue weighted by molar-refractivity contribution is 0.468. The molecule has 0 bridgehead atoms. The van der Waals surface area contributed by atoms with Crippen LogP contribution in [0.3, 0.4) is 0 Å². The maximum atomic E-state index is 5.65. The Morgan fingerprint density at radius 1 is 1.83 bits per heavy atom. The van der Waals surface area contributed by atoms with Crippen LogP contribution >= 0.6 is 0 Å². The molecule has 0 spiro atoms. The molecule has 2 rings (SSSR count). The van der Waals surface area contributed by atoms with Gasteiger partial charge >= 0.3 is 0 Å². The van der Waals surface area contributed by atoms with Crippen LogP contribution < -0.4 is 11.1 Å². The fourth-order valence-corrected chi connectivity index (χ4v) is 1.65. The fraction of sp³-hybridized carbons (Fsp3) is 0.625. The molecule has 1 unspecified atom stereocenters. The van der Waals surface area contributed by atoms with Gasteiger partial charge < -0.3 is 15.6 Å². The summed E-state index contributed by atoms with van der Waals surface area (Å²) >= 11 is 0. The summed E-state index contributed by atoms with van der Waals surface area (Å²) in [6.07, 6.45) is 3.15. The summed E-state index contributed by atoms with van der Waals surface area (Å²) in [4.78, 5) is 4.35. The van der Waals surface area contributed by atoms with E-state index in [0.717, 1.165) is 24.6 Å². The van der Waals surface area contributed by atoms with Crippen molar-refractivity contribution in [3.63, 3.8) is 0 Å². The van der Waals surface area contributed by atoms with E-state index in [2.05, 4.69) is 21.1 Å². The summed E-state index contributed by atoms with van der Waals surface area (Å²) < 4.78 is 2.14. The minimum atomic E-state index is 0.433. The molecule has 0 radical (unpaired) electrons. The van der Waals surface area contributed by atoms with Gasteiger partial charge in [-0.3, -0.25) is 0 Å². The number of hydrogen-bond donors (Lipinski definition) is 2. The van der Waals surface area contributed by atoms with Crippen LogP contribution in [0.1, 0.15) is 18.2 Å². The van der Waals surface area contributed by atoms with Crippen LogP contribution in [0.15, 0.2) is 6.20 Å². The molecule has 0 aliphatic carbocycles. The van der Waals surface area contributed by atoms with Gasteiger partial charge in [-0.05, 0) is 13.3 Å². The topological polar surface area (TPSA) is 55.9 Å². The largest absolute Gasteiger partial charge is 0.356 e. The Bertz CT molecular complexity index is 279. The Morgan fingerprint density at radius 3 is 3.42 bits per heavy atom. The van der Waals surface area contributed by atoms with Gasteiger partial charge in [0.05, 0.1) is 11.7 Å². The molecule has 0 fully saturated rings. The van der Waals surface area contributed by atoms with Crippen molar-refractivity contribution >= 4 is 5.95 Å². The van der Waals surface area contributed by atoms with E-state index in [1.807, 2.05) is 6.92 Å². The van der Waals surface area contributed by atoms with E-state index in [4.69, 9.17) is 5.73 Å². The highest BCUT2D eigenvalue weighted by Crippen LogP contribution is 2.22. The second kappa shape index (κ2) is 2.79. The van der Waals surface area contributed by atoms with Gasteiger partial charge in [-0.25, -0.2) is 4.98 Å². The molecular formula is C8H14N4. The van der Waals surface area contributed by atoms with Crippen LogP contribution in [0.2, 0.25) is 0 Å². The molecule has 1 aromatic heterocycles. The molecule has 2 heterocycles. The smallest absolute Gasteiger partial charge is 0.203 e. The predicted molar refractivity (Wildman–Crippen MR) is 48.2 cm³/mol. The van der Waals surface area contributed by atoms with Crippen LogP contribution in [-0.4, -0.2) is 22.6 Å². The Morgan fingerprint density at radius 2 is 2.67 bits per heavy atom. The van der Waals surface area contributed by atoms with Gasteiger partial charge in [-0.15, -0.1) is 0 Å². The molecule has 1 aliphatic heterocycles. The van der Waals surface area contributed by atoms with Crippen LogP contribution in [0, 0.1) is 6.92 Å². The molecule has 1 aliphatic rings. The third kappa shape index (κ3) is 1.08. The number of anilines is 1. The first-order valence-electron chi connectivity index (χ1n) is 4.30. The zero-order chi connectivity index (χ0) is 8.55. The van der Waals surface area contributed by atoms with Crippen LogP contribution in [-0.2, 0) is 0 Å². The molecule has 4 nitrogen and oxygen atoms in total. The van der Waals surface area contributed by atoms with E-state index in [9.17, 15) is 0 Å². The van der Waals surface area contributed by atoms with Crippen LogP contribution in [0.25, 0.3) is 0 Å². The number of fused-ring (bicyclic) bond motifs is 1. The van der Waals surface area contributed by atoms with Crippen molar-refractivity contribution < 1.29 is 0 Å². The van der Waals surface area contributed by atoms with Crippen molar-refractivity contribution in [2.24, 2.45) is 5.73 Å². The van der Waals surface area contributed by atoms with E-state index >= 15 is 0 Å². The molecule has 0 saturated carbocycles. The van der Waals surface area contributed by atoms with Gasteiger partial charge in [0.25, 0.3) is 0 Å². The average molecular weight is 166 g/mol. The standard InChI is InChI=1S/C8H14N4/c1-6-5-12-7(4-9)2-3-10-8(12)11-6/h5,7H,2-4,9H2,1H3,(H,10,11). The van der Waals surface area contributed by atoms with E-state index in [0.29, 0.717) is 12.6 Å². The maximum absolute atomic E-state index is 5.65. The third-order valence-electron chi connectivity index (χ3n) is 2.28. The summed E-state index contributed by atoms with van der Waals surface area (Å²) in [5, 5.41) is 3.24. The molecule has 4 heteroatoms. The molecule has 0 aromatic carbocycles. The number of nitrogens with one attached hydrogen (secondary N) is 1. The van der Waals surface area contributed by atoms with Gasteiger partial charge in [0, 0.05) is 19.3 Å². The van der Waals surface area contributed by atoms with Crippen LogP contribution in [0.5, 0.6) is 0 Å². The lowest BCUT2D eigenvalue weighted by Gasteiger charge is -2.24. The molecule has 66 valence electrons. The average Bonchev–Trinajstić information content (AvgIpc) is 2.44. The molecule has 12 heavy (non-hydrogen) atoms. The Hall–Kier alpha value is -1.03. The number of nitrogens with zero attached hydrogens (tertiary/aromatic N) is 2. The van der Waals surface area contributed by atoms with Crippen molar-refractivity contribution in [2.75, 3.05) is 18.4 Å². The highest BCUT2D eigenvalue weighted by atomic mass is 15.2. The zero-order valence-corrected chi connectivity index (χ0v) is 7.25. The molecular weight excluding hydrogens is 152 g/mol. The number of nitrogens with two attached hydrogens (primary N) is 1. The lowest BCUT2D eigenvalue weighted by Crippen LogP contribution is -2.27. The fourth-order valence-electron chi connectivity index (χ4n) is 1.65. The number of hydrogen-bond acceptors (Lipinski definition) is 3. The second-order valence-electron chi connectivity index (χ2n) is 3.22. The Kier molecular flexibility index (Phi) is 1.77. The summed E-state index contributed by atoms with van der Waals surface area (Å²) in [5.41, 5.74) is 6.70. The van der Waals surface area contributed by atoms with Gasteiger partial charge in [0.2, 0.25) is 5.95 Å². The van der Waals surface area contributed by atoms with Crippen molar-refractivity contribution in [1.82, 2.24) is 9.55 Å². The number of imidazole rings is 1. The first kappa shape index (κ1) is 7.61. The normalized spacial score (nSPS) is 21.7. The van der Waals surface area contributed by atoms with Gasteiger partial charge in [-0.1, -0.05) is 0 Å². The summed E-state index contributed by atoms with van der Waals surface area (Å²) in [7, 11) is 0. The van der Waals surface area contributed by atoms with Gasteiger partial charge in [-0.2, -0.15) is 0 Å². The highest BCUT2D eigenvalue weighted by molar-refractivity contribution is 5.31. The van der Waals surface area contributed by atoms with E-state index < -0.39 is 0 Å². The first-order valence-corrected chi connectivity index (χ1v) is 4.30. The lowest BCUT2D eigenvalue weighted by atomic mass is 10.2. The van der Waals surface area contributed by atoms with Gasteiger partial charge in [0.1, 0.15) is 0 Å². The number of rotatable bonds is 1. The summed E-state index contributed by atoms with van der Waals surface area (Å²) in [6, 6.07) is 0.433. The Balaban J connectivity index is 2.36. The SMILES string of the molecule is Cc1cn2c(n1)NCCC2CN. The van der Waals surface area contributed by atoms with Crippen molar-refractivity contribution in [1.29, 1.82) is 0 Å². The van der Waals surface area contributed by atoms with Crippen molar-refractivity contribution in [3.8, 4) is 0 Å². The summed E-state index contributed by atoms with van der Waals surface area (Å²) in [5.74, 6) is 0.967. The predicted octanol–water partition coefficient (Wildman–Crippen LogP) is 0.507. The minimum absolute atomic E-state index is 0.433. The van der Waals surface area contributed by atoms with Gasteiger partial charge in [0.15, 0.2) is 0 Å². The van der Waals surface area contributed by atoms with E-state index in [1.54, 1.807) is 0 Å². The summed E-state index contributed by atoms with van der Waals surface area (Å²) in [6.45, 7) is 3.68. The maximum Gasteiger partial charge on any atom is 0.203 e. The highest BCUT2D eigenvalue weighted by Gasteiger charge is 2.18. The number of aromatic nitrogens is 2. The monoisotopic (exact) mass is 166 g/mol. The second-order valence-corrected chi connectivity index (χ2v) is 3.22. The molecule has 3 N–H and O–H groups in total. The van der Waals surface area contributed by atoms with E-state index in [1.165, 1.54) is 0 Å².